The SMILES string of the molecule is CCCCP(I)(CCCC)(CCCC)CCN(C)C. The number of hydrogen-bond donors (Lipinski definition) is 0. The summed E-state index contributed by atoms with van der Waals surface area (Å²) >= 11 is 3.02. The molecule has 1 nitrogen and oxygen atoms in total. The molecule has 118 valence electrons. The summed E-state index contributed by atoms with van der Waals surface area (Å²) in [5.41, 5.74) is 0. The predicted molar refractivity (Wildman–Crippen MR) is 104 cm³/mol. The van der Waals surface area contributed by atoms with Gasteiger partial charge < -0.3 is 0 Å². The van der Waals surface area contributed by atoms with Gasteiger partial charge in [0.25, 0.3) is 0 Å². The quantitative estimate of drug-likeness (QED) is 0.293. The summed E-state index contributed by atoms with van der Waals surface area (Å²) < 4.78 is -1.48. The number of nitrogens with zero attached hydrogens (tertiary/aromatic N) is 1. The molecule has 0 aliphatic heterocycles. The average molecular weight is 401 g/mol. The van der Waals surface area contributed by atoms with Crippen LogP contribution in [0.15, 0.2) is 0 Å². The Hall–Kier alpha value is 1.12. The molecule has 0 heterocycles. The van der Waals surface area contributed by atoms with Gasteiger partial charge >= 0.3 is 136 Å². The Bertz CT molecular complexity index is 206. The summed E-state index contributed by atoms with van der Waals surface area (Å²) in [5, 5.41) is 0. The van der Waals surface area contributed by atoms with Gasteiger partial charge in [0.1, 0.15) is 0 Å². The molecule has 3 heteroatoms. The van der Waals surface area contributed by atoms with Gasteiger partial charge in [-0.3, -0.25) is 0 Å². The molecule has 0 fully saturated rings. The van der Waals surface area contributed by atoms with E-state index in [4.69, 9.17) is 0 Å². The fourth-order valence-electron chi connectivity index (χ4n) is 2.78. The first-order chi connectivity index (χ1) is 8.90. The Labute approximate surface area is 135 Å². The van der Waals surface area contributed by atoms with Crippen molar-refractivity contribution in [1.29, 1.82) is 0 Å². The summed E-state index contributed by atoms with van der Waals surface area (Å²) in [4.78, 5) is 2.39. The molecule has 0 bridgehead atoms. The minimum atomic E-state index is -1.48. The van der Waals surface area contributed by atoms with Gasteiger partial charge in [-0.15, -0.1) is 0 Å². The van der Waals surface area contributed by atoms with Crippen LogP contribution in [0.25, 0.3) is 0 Å². The Morgan fingerprint density at radius 3 is 1.37 bits per heavy atom. The zero-order valence-corrected chi connectivity index (χ0v) is 17.1. The van der Waals surface area contributed by atoms with Crippen molar-refractivity contribution in [1.82, 2.24) is 4.90 Å². The van der Waals surface area contributed by atoms with Crippen LogP contribution in [-0.2, 0) is 0 Å². The van der Waals surface area contributed by atoms with Crippen molar-refractivity contribution in [3.8, 4) is 0 Å². The van der Waals surface area contributed by atoms with Crippen LogP contribution in [0.2, 0.25) is 0 Å². The van der Waals surface area contributed by atoms with Crippen molar-refractivity contribution in [3.05, 3.63) is 0 Å². The topological polar surface area (TPSA) is 3.24 Å². The van der Waals surface area contributed by atoms with E-state index < -0.39 is 4.25 Å². The average Bonchev–Trinajstić information content (AvgIpc) is 2.40. The molecule has 0 saturated carbocycles. The van der Waals surface area contributed by atoms with Gasteiger partial charge in [-0.1, -0.05) is 0 Å². The minimum absolute atomic E-state index is 1.29. The molecule has 0 aromatic carbocycles. The summed E-state index contributed by atoms with van der Waals surface area (Å²) in [6.45, 7) is 8.34. The van der Waals surface area contributed by atoms with E-state index in [1.54, 1.807) is 0 Å². The number of halogens is 1. The van der Waals surface area contributed by atoms with Gasteiger partial charge in [0.2, 0.25) is 0 Å². The molecule has 0 aromatic rings. The van der Waals surface area contributed by atoms with Gasteiger partial charge in [0.15, 0.2) is 0 Å². The summed E-state index contributed by atoms with van der Waals surface area (Å²) in [6.07, 6.45) is 14.5. The predicted octanol–water partition coefficient (Wildman–Crippen LogP) is 5.85. The maximum absolute atomic E-state index is 3.02. The second-order valence-electron chi connectivity index (χ2n) is 6.58. The van der Waals surface area contributed by atoms with Gasteiger partial charge in [0.05, 0.1) is 0 Å². The van der Waals surface area contributed by atoms with Crippen molar-refractivity contribution in [2.24, 2.45) is 0 Å². The molecule has 19 heavy (non-hydrogen) atoms. The second-order valence-corrected chi connectivity index (χ2v) is 20.2. The van der Waals surface area contributed by atoms with Crippen molar-refractivity contribution in [2.45, 2.75) is 59.3 Å². The van der Waals surface area contributed by atoms with Crippen LogP contribution in [-0.4, -0.2) is 50.2 Å². The molecule has 0 spiro atoms. The molecule has 0 radical (unpaired) electrons. The van der Waals surface area contributed by atoms with Gasteiger partial charge in [-0.25, -0.2) is 0 Å². The van der Waals surface area contributed by atoms with E-state index in [0.717, 1.165) is 0 Å². The molecular weight excluding hydrogens is 364 g/mol. The Kier molecular flexibility index (Phi) is 10.5. The molecule has 0 atom stereocenters. The third kappa shape index (κ3) is 8.21. The van der Waals surface area contributed by atoms with Crippen LogP contribution in [0.5, 0.6) is 0 Å². The first-order valence-corrected chi connectivity index (χ1v) is 14.0. The number of hydrogen-bond acceptors (Lipinski definition) is 1. The summed E-state index contributed by atoms with van der Waals surface area (Å²) in [5.74, 6) is 0. The summed E-state index contributed by atoms with van der Waals surface area (Å²) in [7, 11) is 4.47. The molecule has 0 unspecified atom stereocenters. The maximum atomic E-state index is 3.02. The van der Waals surface area contributed by atoms with Crippen LogP contribution in [0.4, 0.5) is 0 Å². The van der Waals surface area contributed by atoms with Gasteiger partial charge in [0, 0.05) is 0 Å². The fourth-order valence-corrected chi connectivity index (χ4v) is 12.1. The molecule has 0 N–H and O–H groups in total. The molecule has 0 aliphatic rings. The fraction of sp³-hybridized carbons (Fsp3) is 1.00. The standard InChI is InChI=1S/C16H37INP/c1-6-9-13-19(17,14-10-7-2,15-11-8-3)16-12-18(4)5/h6-16H2,1-5H3. The second kappa shape index (κ2) is 9.95. The molecule has 0 aliphatic carbocycles. The van der Waals surface area contributed by atoms with Gasteiger partial charge in [-0.2, -0.15) is 0 Å². The van der Waals surface area contributed by atoms with Crippen LogP contribution < -0.4 is 0 Å². The van der Waals surface area contributed by atoms with Crippen molar-refractivity contribution < 1.29 is 0 Å². The third-order valence-electron chi connectivity index (χ3n) is 4.32. The van der Waals surface area contributed by atoms with Crippen LogP contribution in [0, 0.1) is 0 Å². The normalized spacial score (nSPS) is 14.6. The number of unbranched alkanes of at least 4 members (excludes halogenated alkanes) is 3. The molecule has 0 saturated heterocycles. The van der Waals surface area contributed by atoms with E-state index in [1.165, 1.54) is 69.7 Å². The molecule has 0 aromatic heterocycles. The van der Waals surface area contributed by atoms with E-state index in [2.05, 4.69) is 61.8 Å². The molecule has 0 rings (SSSR count). The number of rotatable bonds is 12. The summed E-state index contributed by atoms with van der Waals surface area (Å²) in [6, 6.07) is 0. The first kappa shape index (κ1) is 20.1. The van der Waals surface area contributed by atoms with Crippen molar-refractivity contribution in [2.75, 3.05) is 45.3 Å². The van der Waals surface area contributed by atoms with E-state index in [-0.39, 0.29) is 0 Å². The van der Waals surface area contributed by atoms with Crippen LogP contribution in [0.1, 0.15) is 59.3 Å². The Morgan fingerprint density at radius 1 is 0.737 bits per heavy atom. The first-order valence-electron chi connectivity index (χ1n) is 8.27. The van der Waals surface area contributed by atoms with Crippen molar-refractivity contribution >= 4 is 26.3 Å². The third-order valence-corrected chi connectivity index (χ3v) is 15.7. The Balaban J connectivity index is 4.92. The van der Waals surface area contributed by atoms with Crippen LogP contribution in [0.3, 0.4) is 0 Å². The van der Waals surface area contributed by atoms with E-state index >= 15 is 0 Å². The zero-order chi connectivity index (χ0) is 14.8. The molecule has 0 amide bonds. The zero-order valence-electron chi connectivity index (χ0n) is 14.1. The van der Waals surface area contributed by atoms with E-state index in [1.807, 2.05) is 0 Å². The Morgan fingerprint density at radius 2 is 1.11 bits per heavy atom. The molecular formula is C16H37INP. The monoisotopic (exact) mass is 401 g/mol. The van der Waals surface area contributed by atoms with Crippen LogP contribution >= 0.6 is 26.3 Å². The van der Waals surface area contributed by atoms with Crippen molar-refractivity contribution in [3.63, 3.8) is 0 Å². The van der Waals surface area contributed by atoms with Gasteiger partial charge in [-0.05, 0) is 0 Å². The van der Waals surface area contributed by atoms with E-state index in [0.29, 0.717) is 0 Å². The van der Waals surface area contributed by atoms with E-state index in [9.17, 15) is 0 Å².